The van der Waals surface area contributed by atoms with Crippen LogP contribution in [0.15, 0.2) is 176 Å². The maximum atomic E-state index is 12.4. The highest BCUT2D eigenvalue weighted by atomic mass is 79.9. The zero-order chi connectivity index (χ0) is 90.2. The van der Waals surface area contributed by atoms with Gasteiger partial charge in [-0.15, -0.1) is 25.5 Å². The molecule has 49 heteroatoms. The molecule has 668 valence electrons. The summed E-state index contributed by atoms with van der Waals surface area (Å²) in [5, 5.41) is 72.3. The molecule has 2 aliphatic heterocycles. The van der Waals surface area contributed by atoms with Crippen molar-refractivity contribution in [2.24, 2.45) is 0 Å². The number of ether oxygens (including phenoxy) is 3. The van der Waals surface area contributed by atoms with Gasteiger partial charge in [0.05, 0.1) is 88.0 Å². The van der Waals surface area contributed by atoms with Crippen LogP contribution >= 0.6 is 95.6 Å². The Labute approximate surface area is 774 Å². The molecular formula is C77H96Br6N34O8Si. The SMILES string of the molecule is Brc1cccn2nc(Nc3cn[nH]c3)nc12.CC(C)(C)OC(=O)CBr.CC(C)(C)OC(=O)Cn1cc(Nc2nc3c(Br)cccn3n2)cn1.CN1CCN(C(=O)Cn2cc(Nc3nc4c(Br)cccn4n3)cn2)CC1.CN1CCNCC1.C[Si](C)(C)CCOCn1cc(Nc2nc3c(Br)cccn3n2)cn1.O=C(O)Cn1cc(Nc2nc3c(Br)cccn3n2)cn1. The van der Waals surface area contributed by atoms with Crippen LogP contribution in [0.1, 0.15) is 41.5 Å². The maximum absolute atomic E-state index is 12.4. The molecule has 0 radical (unpaired) electrons. The lowest BCUT2D eigenvalue weighted by Gasteiger charge is -2.32. The van der Waals surface area contributed by atoms with Gasteiger partial charge in [0.1, 0.15) is 42.9 Å². The van der Waals surface area contributed by atoms with Crippen molar-refractivity contribution in [1.82, 2.24) is 142 Å². The van der Waals surface area contributed by atoms with E-state index in [2.05, 4.69) is 252 Å². The first kappa shape index (κ1) is 95.6. The summed E-state index contributed by atoms with van der Waals surface area (Å²) < 4.78 is 34.8. The number of esters is 2. The first-order valence-electron chi connectivity index (χ1n) is 39.2. The first-order chi connectivity index (χ1) is 60.1. The van der Waals surface area contributed by atoms with Gasteiger partial charge in [0.2, 0.25) is 35.6 Å². The number of fused-ring (bicyclic) bond motifs is 5. The maximum Gasteiger partial charge on any atom is 0.328 e. The number of carbonyl (C=O) groups excluding carboxylic acids is 3. The van der Waals surface area contributed by atoms with Crippen LogP contribution in [0.3, 0.4) is 0 Å². The molecule has 0 unspecified atom stereocenters. The van der Waals surface area contributed by atoms with E-state index in [4.69, 9.17) is 19.3 Å². The van der Waals surface area contributed by atoms with Gasteiger partial charge in [0.15, 0.2) is 28.2 Å². The van der Waals surface area contributed by atoms with Gasteiger partial charge in [-0.25, -0.2) is 27.3 Å². The Hall–Kier alpha value is -11.0. The van der Waals surface area contributed by atoms with E-state index >= 15 is 0 Å². The number of pyridine rings is 5. The summed E-state index contributed by atoms with van der Waals surface area (Å²) >= 11 is 20.2. The van der Waals surface area contributed by atoms with Crippen LogP contribution in [-0.2, 0) is 59.8 Å². The number of likely N-dealkylation sites (N-methyl/N-ethyl adjacent to an activating group) is 2. The van der Waals surface area contributed by atoms with E-state index in [0.717, 1.165) is 108 Å². The number of rotatable bonds is 22. The second-order valence-electron chi connectivity index (χ2n) is 31.2. The molecule has 2 aliphatic rings. The number of carbonyl (C=O) groups is 4. The minimum atomic E-state index is -1.05. The fourth-order valence-electron chi connectivity index (χ4n) is 11.3. The number of anilines is 10. The number of carboxylic acid groups (broad SMARTS) is 1. The molecule has 0 spiro atoms. The lowest BCUT2D eigenvalue weighted by Crippen LogP contribution is -2.48. The molecule has 0 aliphatic carbocycles. The number of amides is 1. The molecule has 0 aromatic carbocycles. The average Bonchev–Trinajstić information content (AvgIpc) is 1.69. The predicted molar refractivity (Wildman–Crippen MR) is 499 cm³/mol. The molecule has 8 N–H and O–H groups in total. The number of hydrogen-bond acceptors (Lipinski definition) is 30. The average molecular weight is 2130 g/mol. The number of carboxylic acids is 1. The Kier molecular flexibility index (Phi) is 34.1. The van der Waals surface area contributed by atoms with Crippen LogP contribution in [0.5, 0.6) is 0 Å². The number of aliphatic carboxylic acids is 1. The quantitative estimate of drug-likeness (QED) is 0.0135. The fraction of sp³-hybridized carbons (Fsp3) is 0.364. The third-order valence-electron chi connectivity index (χ3n) is 17.1. The number of halogens is 6. The minimum absolute atomic E-state index is 0.0447. The molecular weight excluding hydrogens is 2040 g/mol. The Morgan fingerprint density at radius 1 is 0.460 bits per heavy atom. The number of nitrogens with zero attached hydrogens (tertiary/aromatic N) is 27. The molecule has 17 heterocycles. The summed E-state index contributed by atoms with van der Waals surface area (Å²) in [6.07, 6.45) is 26.0. The van der Waals surface area contributed by atoms with E-state index in [1.54, 1.807) is 87.7 Å². The van der Waals surface area contributed by atoms with E-state index in [9.17, 15) is 19.2 Å². The van der Waals surface area contributed by atoms with Crippen LogP contribution in [-0.4, -0.2) is 264 Å². The molecule has 1 amide bonds. The molecule has 17 rings (SSSR count). The third kappa shape index (κ3) is 30.4. The third-order valence-corrected chi connectivity index (χ3v) is 22.4. The fourth-order valence-corrected chi connectivity index (χ4v) is 14.2. The summed E-state index contributed by atoms with van der Waals surface area (Å²) in [6, 6.07) is 20.1. The summed E-state index contributed by atoms with van der Waals surface area (Å²) in [5.41, 5.74) is 6.50. The van der Waals surface area contributed by atoms with Gasteiger partial charge in [-0.1, -0.05) is 35.6 Å². The number of aromatic nitrogens is 25. The summed E-state index contributed by atoms with van der Waals surface area (Å²) in [5.74, 6) is 0.966. The van der Waals surface area contributed by atoms with Crippen molar-refractivity contribution >= 4 is 214 Å². The van der Waals surface area contributed by atoms with E-state index < -0.39 is 19.6 Å². The van der Waals surface area contributed by atoms with Crippen LogP contribution in [0.2, 0.25) is 25.7 Å². The molecule has 0 bridgehead atoms. The van der Waals surface area contributed by atoms with E-state index in [0.29, 0.717) is 59.1 Å². The molecule has 0 saturated carbocycles. The lowest BCUT2D eigenvalue weighted by molar-refractivity contribution is -0.156. The van der Waals surface area contributed by atoms with Crippen molar-refractivity contribution in [3.05, 3.63) is 176 Å². The Balaban J connectivity index is 0.000000147. The van der Waals surface area contributed by atoms with Gasteiger partial charge in [0.25, 0.3) is 0 Å². The van der Waals surface area contributed by atoms with Crippen LogP contribution in [0.4, 0.5) is 58.2 Å². The molecule has 42 nitrogen and oxygen atoms in total. The van der Waals surface area contributed by atoms with Gasteiger partial charge in [-0.3, -0.25) is 38.3 Å². The topological polar surface area (TPSA) is 449 Å². The van der Waals surface area contributed by atoms with Gasteiger partial charge < -0.3 is 65.9 Å². The van der Waals surface area contributed by atoms with Crippen molar-refractivity contribution in [2.45, 2.75) is 105 Å². The second-order valence-corrected chi connectivity index (χ2v) is 41.7. The molecule has 2 saturated heterocycles. The van der Waals surface area contributed by atoms with E-state index in [-0.39, 0.29) is 48.4 Å². The second kappa shape index (κ2) is 44.9. The molecule has 2 fully saturated rings. The monoisotopic (exact) mass is 2130 g/mol. The van der Waals surface area contributed by atoms with Crippen LogP contribution in [0, 0.1) is 0 Å². The highest BCUT2D eigenvalue weighted by Gasteiger charge is 2.23. The van der Waals surface area contributed by atoms with Crippen molar-refractivity contribution < 1.29 is 38.5 Å². The van der Waals surface area contributed by atoms with Crippen molar-refractivity contribution in [3.8, 4) is 0 Å². The number of nitrogens with one attached hydrogen (secondary N) is 7. The number of H-pyrrole nitrogens is 1. The van der Waals surface area contributed by atoms with Crippen molar-refractivity contribution in [2.75, 3.05) is 105 Å². The number of hydrogen-bond donors (Lipinski definition) is 8. The van der Waals surface area contributed by atoms with Gasteiger partial charge in [-0.05, 0) is 202 Å². The van der Waals surface area contributed by atoms with Crippen LogP contribution < -0.4 is 31.9 Å². The number of piperazine rings is 2. The van der Waals surface area contributed by atoms with Gasteiger partial charge >= 0.3 is 17.9 Å². The highest BCUT2D eigenvalue weighted by Crippen LogP contribution is 2.26. The minimum Gasteiger partial charge on any atom is -0.480 e. The predicted octanol–water partition coefficient (Wildman–Crippen LogP) is 12.4. The number of alkyl halides is 1. The van der Waals surface area contributed by atoms with E-state index in [1.807, 2.05) is 138 Å². The normalized spacial score (nSPS) is 13.0. The Morgan fingerprint density at radius 3 is 1.12 bits per heavy atom. The Bertz CT molecular complexity index is 6050. The Morgan fingerprint density at radius 2 is 0.802 bits per heavy atom. The van der Waals surface area contributed by atoms with Crippen LogP contribution in [0.25, 0.3) is 28.2 Å². The number of aromatic amines is 1. The molecule has 15 aromatic rings. The van der Waals surface area contributed by atoms with Gasteiger partial charge in [0, 0.05) is 123 Å². The molecule has 126 heavy (non-hydrogen) atoms. The van der Waals surface area contributed by atoms with E-state index in [1.165, 1.54) is 28.6 Å². The highest BCUT2D eigenvalue weighted by molar-refractivity contribution is 9.11. The lowest BCUT2D eigenvalue weighted by atomic mass is 10.2. The molecule has 15 aromatic heterocycles. The molecule has 0 atom stereocenters. The zero-order valence-corrected chi connectivity index (χ0v) is 81.2. The first-order valence-corrected chi connectivity index (χ1v) is 48.0. The summed E-state index contributed by atoms with van der Waals surface area (Å²) in [6.45, 7) is 27.4. The standard InChI is InChI=1S/C16H19BrN8O.C15H17BrN6O2.C15H21BrN6OSi.C11H9BrN6O2.C9H7BrN6.C6H11BrO2.C5H12N2/c1-22-5-7-23(8-6-22)14(26)11-24-10-12(9-18-24)19-16-20-15-13(17)3-2-4-25(15)21-16;1-15(2,3)24-12(23)9-21-8-10(7-17-21)18-14-19-13-11(16)5-4-6-22(13)20-14;1-24(2,3)8-7-23-11-21-10-12(9-17-21)18-15-19-14-13(16)5-4-6-22(14)20-15;12-8-2-1-3-18-10(8)15-11(16-18)14-7-4-13-17(5-7)6-9(19)20;10-7-2-1-3-16-8(7)14-9(15-16)13-6-4-11-12-5-6;1-6(2,3)9-5(8)4-7;1-7-4-2-6-3-5-7/h2-4,9-10H,5-8,11H2,1H3,(H,19,21);4-8H,9H2,1-3H3,(H,18,20);4-6,9-10H,7-8,11H2,1-3H3,(H,18,20);1-5H,6H2,(H,14,16)(H,19,20);1-5H,(H,11,12)(H,13,15);4H2,1-3H3;6H,2-5H2,1H3. The van der Waals surface area contributed by atoms with Gasteiger partial charge in [-0.2, -0.15) is 50.4 Å². The largest absolute Gasteiger partial charge is 0.480 e. The van der Waals surface area contributed by atoms with Crippen molar-refractivity contribution in [3.63, 3.8) is 0 Å². The summed E-state index contributed by atoms with van der Waals surface area (Å²) in [4.78, 5) is 73.7. The summed E-state index contributed by atoms with van der Waals surface area (Å²) in [7, 11) is 3.17. The zero-order valence-electron chi connectivity index (χ0n) is 70.7. The smallest absolute Gasteiger partial charge is 0.328 e. The van der Waals surface area contributed by atoms with Crippen molar-refractivity contribution in [1.29, 1.82) is 0 Å².